The minimum Gasteiger partial charge on any atom is -0.457 e. The highest BCUT2D eigenvalue weighted by Crippen LogP contribution is 2.27. The molecule has 5 rings (SSSR count). The molecule has 1 aliphatic rings. The number of hydrogen-bond acceptors (Lipinski definition) is 5. The van der Waals surface area contributed by atoms with Crippen LogP contribution in [0, 0.1) is 0 Å². The molecule has 0 aromatic heterocycles. The van der Waals surface area contributed by atoms with Crippen molar-refractivity contribution in [2.75, 3.05) is 6.73 Å². The van der Waals surface area contributed by atoms with Crippen LogP contribution < -0.4 is 5.73 Å². The number of ether oxygens (including phenoxy) is 2. The molecule has 180 valence electrons. The van der Waals surface area contributed by atoms with E-state index in [9.17, 15) is 9.59 Å². The fourth-order valence-electron chi connectivity index (χ4n) is 3.76. The van der Waals surface area contributed by atoms with Gasteiger partial charge in [-0.25, -0.2) is 4.79 Å². The Balaban J connectivity index is 0.000000170. The first kappa shape index (κ1) is 24.6. The predicted molar refractivity (Wildman–Crippen MR) is 139 cm³/mol. The predicted octanol–water partition coefficient (Wildman–Crippen LogP) is 5.35. The van der Waals surface area contributed by atoms with Crippen LogP contribution in [0.3, 0.4) is 0 Å². The summed E-state index contributed by atoms with van der Waals surface area (Å²) in [5, 5.41) is 0. The maximum Gasteiger partial charge on any atom is 0.338 e. The number of nitrogens with two attached hydrogens (primary N) is 1. The summed E-state index contributed by atoms with van der Waals surface area (Å²) in [5.74, 6) is -0.966. The zero-order valence-corrected chi connectivity index (χ0v) is 19.6. The van der Waals surface area contributed by atoms with Gasteiger partial charge in [-0.05, 0) is 29.3 Å². The molecule has 6 nitrogen and oxygen atoms in total. The van der Waals surface area contributed by atoms with Crippen LogP contribution in [-0.2, 0) is 16.1 Å². The van der Waals surface area contributed by atoms with Crippen LogP contribution in [0.15, 0.2) is 120 Å². The van der Waals surface area contributed by atoms with E-state index >= 15 is 0 Å². The van der Waals surface area contributed by atoms with Crippen molar-refractivity contribution in [1.29, 1.82) is 0 Å². The second-order valence-electron chi connectivity index (χ2n) is 7.96. The van der Waals surface area contributed by atoms with Crippen molar-refractivity contribution in [3.05, 3.63) is 143 Å². The van der Waals surface area contributed by atoms with Gasteiger partial charge in [-0.15, -0.1) is 0 Å². The van der Waals surface area contributed by atoms with Crippen LogP contribution in [0.25, 0.3) is 0 Å². The zero-order chi connectivity index (χ0) is 25.2. The average molecular weight is 479 g/mol. The van der Waals surface area contributed by atoms with Gasteiger partial charge in [0.2, 0.25) is 5.91 Å². The molecule has 1 heterocycles. The Morgan fingerprint density at radius 1 is 0.806 bits per heavy atom. The number of carbonyl (C=O) groups is 2. The monoisotopic (exact) mass is 478 g/mol. The molecule has 0 radical (unpaired) electrons. The van der Waals surface area contributed by atoms with E-state index in [2.05, 4.69) is 29.3 Å². The highest BCUT2D eigenvalue weighted by Gasteiger charge is 2.24. The maximum atomic E-state index is 11.8. The number of carbonyl (C=O) groups excluding carboxylic acids is 2. The van der Waals surface area contributed by atoms with E-state index in [-0.39, 0.29) is 12.7 Å². The van der Waals surface area contributed by atoms with Gasteiger partial charge in [-0.2, -0.15) is 0 Å². The smallest absolute Gasteiger partial charge is 0.338 e. The topological polar surface area (TPSA) is 91.0 Å². The summed E-state index contributed by atoms with van der Waals surface area (Å²) in [5.41, 5.74) is 10.0. The van der Waals surface area contributed by atoms with Crippen LogP contribution >= 0.6 is 0 Å². The lowest BCUT2D eigenvalue weighted by Gasteiger charge is -2.13. The molecule has 1 aliphatic heterocycles. The van der Waals surface area contributed by atoms with Gasteiger partial charge in [-0.3, -0.25) is 9.79 Å². The zero-order valence-electron chi connectivity index (χ0n) is 19.6. The molecule has 0 saturated carbocycles. The van der Waals surface area contributed by atoms with Crippen molar-refractivity contribution < 1.29 is 19.1 Å². The Morgan fingerprint density at radius 3 is 2.06 bits per heavy atom. The molecule has 4 aromatic carbocycles. The molecule has 0 fully saturated rings. The van der Waals surface area contributed by atoms with E-state index in [0.717, 1.165) is 16.8 Å². The van der Waals surface area contributed by atoms with Gasteiger partial charge in [0.05, 0.1) is 11.3 Å². The minimum absolute atomic E-state index is 0.0207. The molecule has 2 N–H and O–H groups in total. The number of hydrogen-bond donors (Lipinski definition) is 1. The summed E-state index contributed by atoms with van der Waals surface area (Å²) >= 11 is 0. The molecule has 0 aliphatic carbocycles. The van der Waals surface area contributed by atoms with Crippen molar-refractivity contribution in [1.82, 2.24) is 0 Å². The number of rotatable bonds is 6. The molecule has 36 heavy (non-hydrogen) atoms. The van der Waals surface area contributed by atoms with Gasteiger partial charge in [0.1, 0.15) is 19.4 Å². The van der Waals surface area contributed by atoms with Crippen molar-refractivity contribution >= 4 is 17.6 Å². The highest BCUT2D eigenvalue weighted by molar-refractivity contribution is 6.05. The number of primary amides is 1. The van der Waals surface area contributed by atoms with Gasteiger partial charge in [0.15, 0.2) is 0 Å². The fourth-order valence-corrected chi connectivity index (χ4v) is 3.76. The molecule has 1 unspecified atom stereocenters. The van der Waals surface area contributed by atoms with Crippen LogP contribution in [0.4, 0.5) is 0 Å². The van der Waals surface area contributed by atoms with Gasteiger partial charge < -0.3 is 15.2 Å². The summed E-state index contributed by atoms with van der Waals surface area (Å²) in [6.45, 7) is 0.469. The first-order valence-corrected chi connectivity index (χ1v) is 11.5. The first-order valence-electron chi connectivity index (χ1n) is 11.5. The van der Waals surface area contributed by atoms with Crippen LogP contribution in [0.5, 0.6) is 0 Å². The lowest BCUT2D eigenvalue weighted by atomic mass is 9.99. The van der Waals surface area contributed by atoms with Gasteiger partial charge >= 0.3 is 5.97 Å². The van der Waals surface area contributed by atoms with E-state index in [1.165, 1.54) is 0 Å². The molecule has 0 spiro atoms. The fraction of sp³-hybridized carbons (Fsp3) is 0.100. The summed E-state index contributed by atoms with van der Waals surface area (Å²) in [6, 6.07) is 35.9. The Morgan fingerprint density at radius 2 is 1.39 bits per heavy atom. The van der Waals surface area contributed by atoms with Gasteiger partial charge in [0, 0.05) is 11.1 Å². The molecule has 4 aromatic rings. The highest BCUT2D eigenvalue weighted by atomic mass is 16.5. The first-order chi connectivity index (χ1) is 17.6. The standard InChI is InChI=1S/C15H13NO3.C15H13NO/c16-14(17)13-9-5-4-8-12(13)10-19-15(18)11-6-2-1-3-7-11;1-3-7-12(8-4-1)14-15(17-11-16-14)13-9-5-2-6-10-13/h1-9H,10H2,(H2,16,17);1-10,15H,11H2. The van der Waals surface area contributed by atoms with Crippen LogP contribution in [0.2, 0.25) is 0 Å². The Bertz CT molecular complexity index is 1320. The number of esters is 1. The summed E-state index contributed by atoms with van der Waals surface area (Å²) in [6.07, 6.45) is -0.0291. The average Bonchev–Trinajstić information content (AvgIpc) is 3.44. The van der Waals surface area contributed by atoms with E-state index < -0.39 is 11.9 Å². The van der Waals surface area contributed by atoms with Crippen molar-refractivity contribution in [3.8, 4) is 0 Å². The minimum atomic E-state index is -0.536. The third kappa shape index (κ3) is 6.31. The third-order valence-corrected chi connectivity index (χ3v) is 5.55. The summed E-state index contributed by atoms with van der Waals surface area (Å²) in [4.78, 5) is 27.4. The Labute approximate surface area is 210 Å². The number of aliphatic imine (C=N–C) groups is 1. The molecule has 0 saturated heterocycles. The quantitative estimate of drug-likeness (QED) is 0.378. The maximum absolute atomic E-state index is 11.8. The lowest BCUT2D eigenvalue weighted by Crippen LogP contribution is -2.15. The van der Waals surface area contributed by atoms with E-state index in [0.29, 0.717) is 23.4 Å². The molecule has 1 amide bonds. The SMILES string of the molecule is NC(=O)c1ccccc1COC(=O)c1ccccc1.c1ccc(C2=NCOC2c2ccccc2)cc1. The molecule has 6 heteroatoms. The second kappa shape index (κ2) is 12.2. The van der Waals surface area contributed by atoms with Crippen molar-refractivity contribution in [3.63, 3.8) is 0 Å². The Hall–Kier alpha value is -4.55. The van der Waals surface area contributed by atoms with Gasteiger partial charge in [0.25, 0.3) is 0 Å². The molecular weight excluding hydrogens is 452 g/mol. The summed E-state index contributed by atoms with van der Waals surface area (Å²) in [7, 11) is 0. The molecular formula is C30H26N2O4. The third-order valence-electron chi connectivity index (χ3n) is 5.55. The van der Waals surface area contributed by atoms with Crippen LogP contribution in [-0.4, -0.2) is 24.3 Å². The van der Waals surface area contributed by atoms with Crippen molar-refractivity contribution in [2.45, 2.75) is 12.7 Å². The second-order valence-corrected chi connectivity index (χ2v) is 7.96. The van der Waals surface area contributed by atoms with Crippen LogP contribution in [0.1, 0.15) is 43.5 Å². The van der Waals surface area contributed by atoms with E-state index in [1.807, 2.05) is 42.5 Å². The Kier molecular flexibility index (Phi) is 8.35. The number of nitrogens with zero attached hydrogens (tertiary/aromatic N) is 1. The van der Waals surface area contributed by atoms with Crippen molar-refractivity contribution in [2.24, 2.45) is 10.7 Å². The van der Waals surface area contributed by atoms with E-state index in [4.69, 9.17) is 15.2 Å². The van der Waals surface area contributed by atoms with E-state index in [1.54, 1.807) is 48.5 Å². The molecule has 0 bridgehead atoms. The normalized spacial score (nSPS) is 14.2. The largest absolute Gasteiger partial charge is 0.457 e. The number of benzene rings is 4. The summed E-state index contributed by atoms with van der Waals surface area (Å²) < 4.78 is 10.9. The number of amides is 1. The lowest BCUT2D eigenvalue weighted by molar-refractivity contribution is 0.0470. The molecule has 1 atom stereocenters. The van der Waals surface area contributed by atoms with Gasteiger partial charge in [-0.1, -0.05) is 97.1 Å².